The van der Waals surface area contributed by atoms with Crippen molar-refractivity contribution in [2.75, 3.05) is 44.7 Å². The van der Waals surface area contributed by atoms with Gasteiger partial charge in [0.15, 0.2) is 17.3 Å². The Hall–Kier alpha value is -3.53. The molecule has 1 aliphatic carbocycles. The molecule has 0 amide bonds. The predicted octanol–water partition coefficient (Wildman–Crippen LogP) is 3.66. The molecule has 3 heterocycles. The summed E-state index contributed by atoms with van der Waals surface area (Å²) in [6.07, 6.45) is 11.0. The number of ether oxygens (including phenoxy) is 3. The largest absolute Gasteiger partial charge is 0.493 e. The number of imidazole rings is 1. The fourth-order valence-electron chi connectivity index (χ4n) is 5.21. The number of aliphatic hydroxyl groups is 1. The van der Waals surface area contributed by atoms with Gasteiger partial charge in [0.05, 0.1) is 51.6 Å². The molecular formula is C26H34N6O4. The molecule has 5 rings (SSSR count). The Morgan fingerprint density at radius 2 is 1.78 bits per heavy atom. The summed E-state index contributed by atoms with van der Waals surface area (Å²) < 4.78 is 18.3. The van der Waals surface area contributed by atoms with E-state index in [4.69, 9.17) is 24.2 Å². The lowest BCUT2D eigenvalue weighted by molar-refractivity contribution is 0.266. The summed E-state index contributed by atoms with van der Waals surface area (Å²) in [4.78, 5) is 16.6. The van der Waals surface area contributed by atoms with Gasteiger partial charge in [-0.05, 0) is 38.5 Å². The van der Waals surface area contributed by atoms with Crippen LogP contribution in [0.15, 0.2) is 24.7 Å². The summed E-state index contributed by atoms with van der Waals surface area (Å²) in [7, 11) is 4.77. The topological polar surface area (TPSA) is 107 Å². The molecule has 10 nitrogen and oxygen atoms in total. The molecule has 0 saturated carbocycles. The van der Waals surface area contributed by atoms with E-state index in [1.165, 1.54) is 12.0 Å². The number of benzene rings is 1. The van der Waals surface area contributed by atoms with E-state index in [2.05, 4.69) is 15.2 Å². The summed E-state index contributed by atoms with van der Waals surface area (Å²) in [6, 6.07) is 3.85. The van der Waals surface area contributed by atoms with Gasteiger partial charge in [-0.3, -0.25) is 0 Å². The first kappa shape index (κ1) is 24.2. The van der Waals surface area contributed by atoms with Gasteiger partial charge in [-0.25, -0.2) is 9.97 Å². The third kappa shape index (κ3) is 4.65. The van der Waals surface area contributed by atoms with Crippen LogP contribution in [0.1, 0.15) is 43.4 Å². The van der Waals surface area contributed by atoms with E-state index in [1.807, 2.05) is 22.9 Å². The molecule has 2 N–H and O–H groups in total. The third-order valence-electron chi connectivity index (χ3n) is 7.04. The Morgan fingerprint density at radius 3 is 2.50 bits per heavy atom. The molecule has 0 spiro atoms. The summed E-state index contributed by atoms with van der Waals surface area (Å²) in [5.74, 6) is 3.80. The number of aryl methyl sites for hydroxylation is 1. The molecular weight excluding hydrogens is 460 g/mol. The average Bonchev–Trinajstić information content (AvgIpc) is 3.51. The van der Waals surface area contributed by atoms with Crippen LogP contribution in [0.3, 0.4) is 0 Å². The van der Waals surface area contributed by atoms with E-state index in [-0.39, 0.29) is 12.6 Å². The molecule has 192 valence electrons. The van der Waals surface area contributed by atoms with Crippen molar-refractivity contribution in [1.29, 1.82) is 0 Å². The van der Waals surface area contributed by atoms with Crippen LogP contribution in [0.4, 0.5) is 17.6 Å². The second-order valence-corrected chi connectivity index (χ2v) is 9.20. The number of anilines is 3. The lowest BCUT2D eigenvalue weighted by atomic mass is 10.1. The van der Waals surface area contributed by atoms with Crippen LogP contribution in [0, 0.1) is 0 Å². The van der Waals surface area contributed by atoms with Crippen molar-refractivity contribution in [3.8, 4) is 22.9 Å². The molecule has 10 heteroatoms. The van der Waals surface area contributed by atoms with E-state index >= 15 is 0 Å². The van der Waals surface area contributed by atoms with Gasteiger partial charge in [-0.15, -0.1) is 0 Å². The fraction of sp³-hybridized carbons (Fsp3) is 0.500. The van der Waals surface area contributed by atoms with Crippen LogP contribution in [0.2, 0.25) is 0 Å². The van der Waals surface area contributed by atoms with Crippen molar-refractivity contribution in [2.24, 2.45) is 0 Å². The Balaban J connectivity index is 1.46. The summed E-state index contributed by atoms with van der Waals surface area (Å²) in [5.41, 5.74) is 3.16. The van der Waals surface area contributed by atoms with E-state index in [9.17, 15) is 5.11 Å². The number of nitrogens with one attached hydrogen (secondary N) is 1. The second kappa shape index (κ2) is 10.6. The molecule has 36 heavy (non-hydrogen) atoms. The molecule has 3 aromatic rings. The number of hydrogen-bond acceptors (Lipinski definition) is 9. The zero-order chi connectivity index (χ0) is 25.1. The smallest absolute Gasteiger partial charge is 0.230 e. The van der Waals surface area contributed by atoms with Gasteiger partial charge in [0.2, 0.25) is 11.7 Å². The number of methoxy groups -OCH3 is 3. The Bertz CT molecular complexity index is 1190. The zero-order valence-corrected chi connectivity index (χ0v) is 21.2. The van der Waals surface area contributed by atoms with Crippen molar-refractivity contribution >= 4 is 17.6 Å². The monoisotopic (exact) mass is 494 g/mol. The minimum Gasteiger partial charge on any atom is -0.493 e. The van der Waals surface area contributed by atoms with Crippen LogP contribution in [-0.4, -0.2) is 65.1 Å². The summed E-state index contributed by atoms with van der Waals surface area (Å²) >= 11 is 0. The third-order valence-corrected chi connectivity index (χ3v) is 7.04. The van der Waals surface area contributed by atoms with Crippen molar-refractivity contribution in [2.45, 2.75) is 51.0 Å². The fourth-order valence-corrected chi connectivity index (χ4v) is 5.21. The van der Waals surface area contributed by atoms with E-state index in [1.54, 1.807) is 27.7 Å². The van der Waals surface area contributed by atoms with Crippen LogP contribution >= 0.6 is 0 Å². The standard InChI is InChI=1S/C26H34N6O4/c1-34-21-12-18(13-22(35-2)24(21)36-3)31-14-23(27-16-31)29-26-28-20-10-6-4-5-9-19(20)25(30-26)32-11-7-8-17(32)15-33/h12-14,16-17,33H,4-11,15H2,1-3H3,(H,28,29,30). The first-order chi connectivity index (χ1) is 17.6. The number of nitrogens with zero attached hydrogens (tertiary/aromatic N) is 5. The van der Waals surface area contributed by atoms with Crippen molar-refractivity contribution in [1.82, 2.24) is 19.5 Å². The highest BCUT2D eigenvalue weighted by molar-refractivity contribution is 5.60. The SMILES string of the molecule is COc1cc(-n2cnc(Nc3nc4c(c(N5CCCC5CO)n3)CCCCC4)c2)cc(OC)c1OC. The van der Waals surface area contributed by atoms with Gasteiger partial charge < -0.3 is 34.1 Å². The second-order valence-electron chi connectivity index (χ2n) is 9.20. The lowest BCUT2D eigenvalue weighted by Gasteiger charge is -2.27. The molecule has 1 saturated heterocycles. The normalized spacial score (nSPS) is 17.4. The first-order valence-electron chi connectivity index (χ1n) is 12.5. The molecule has 1 atom stereocenters. The van der Waals surface area contributed by atoms with Gasteiger partial charge >= 0.3 is 0 Å². The number of aliphatic hydroxyl groups excluding tert-OH is 1. The minimum absolute atomic E-state index is 0.111. The molecule has 1 aliphatic heterocycles. The van der Waals surface area contributed by atoms with Crippen molar-refractivity contribution in [3.05, 3.63) is 35.9 Å². The predicted molar refractivity (Wildman–Crippen MR) is 137 cm³/mol. The summed E-state index contributed by atoms with van der Waals surface area (Å²) in [6.45, 7) is 1.05. The van der Waals surface area contributed by atoms with E-state index < -0.39 is 0 Å². The van der Waals surface area contributed by atoms with Gasteiger partial charge in [-0.1, -0.05) is 6.42 Å². The van der Waals surface area contributed by atoms with Crippen molar-refractivity contribution in [3.63, 3.8) is 0 Å². The number of fused-ring (bicyclic) bond motifs is 1. The molecule has 2 aromatic heterocycles. The molecule has 1 aromatic carbocycles. The van der Waals surface area contributed by atoms with Gasteiger partial charge in [0.1, 0.15) is 12.1 Å². The highest BCUT2D eigenvalue weighted by Crippen LogP contribution is 2.39. The lowest BCUT2D eigenvalue weighted by Crippen LogP contribution is -2.34. The van der Waals surface area contributed by atoms with Gasteiger partial charge in [0, 0.05) is 24.2 Å². The highest BCUT2D eigenvalue weighted by Gasteiger charge is 2.29. The quantitative estimate of drug-likeness (QED) is 0.454. The van der Waals surface area contributed by atoms with E-state index in [0.717, 1.165) is 62.3 Å². The number of aromatic nitrogens is 4. The first-order valence-corrected chi connectivity index (χ1v) is 12.5. The zero-order valence-electron chi connectivity index (χ0n) is 21.2. The van der Waals surface area contributed by atoms with E-state index in [0.29, 0.717) is 29.0 Å². The van der Waals surface area contributed by atoms with Crippen LogP contribution in [0.25, 0.3) is 5.69 Å². The molecule has 1 unspecified atom stereocenters. The maximum absolute atomic E-state index is 9.94. The van der Waals surface area contributed by atoms with Crippen LogP contribution in [0.5, 0.6) is 17.2 Å². The molecule has 0 bridgehead atoms. The average molecular weight is 495 g/mol. The minimum atomic E-state index is 0.111. The Labute approximate surface area is 211 Å². The van der Waals surface area contributed by atoms with Gasteiger partial charge in [0.25, 0.3) is 0 Å². The molecule has 0 radical (unpaired) electrons. The van der Waals surface area contributed by atoms with Crippen LogP contribution < -0.4 is 24.4 Å². The Kier molecular flexibility index (Phi) is 7.13. The maximum Gasteiger partial charge on any atom is 0.230 e. The van der Waals surface area contributed by atoms with Gasteiger partial charge in [-0.2, -0.15) is 4.98 Å². The van der Waals surface area contributed by atoms with Crippen molar-refractivity contribution < 1.29 is 19.3 Å². The number of rotatable bonds is 8. The summed E-state index contributed by atoms with van der Waals surface area (Å²) in [5, 5.41) is 13.3. The molecule has 1 fully saturated rings. The Morgan fingerprint density at radius 1 is 1.00 bits per heavy atom. The van der Waals surface area contributed by atoms with Crippen LogP contribution in [-0.2, 0) is 12.8 Å². The molecule has 2 aliphatic rings. The highest BCUT2D eigenvalue weighted by atomic mass is 16.5. The number of hydrogen-bond donors (Lipinski definition) is 2. The maximum atomic E-state index is 9.94.